The quantitative estimate of drug-likeness (QED) is 0.333. The Bertz CT molecular complexity index is 1010. The van der Waals surface area contributed by atoms with Crippen LogP contribution in [0.5, 0.6) is 0 Å². The maximum Gasteiger partial charge on any atom is 0.271 e. The lowest BCUT2D eigenvalue weighted by atomic mass is 10.1. The Hall–Kier alpha value is -2.84. The molecule has 9 heteroatoms. The van der Waals surface area contributed by atoms with E-state index in [0.717, 1.165) is 11.4 Å². The van der Waals surface area contributed by atoms with Crippen LogP contribution in [0, 0.1) is 17.0 Å². The number of nitro groups is 1. The van der Waals surface area contributed by atoms with Crippen LogP contribution in [-0.4, -0.2) is 26.6 Å². The minimum atomic E-state index is -0.542. The van der Waals surface area contributed by atoms with E-state index in [2.05, 4.69) is 15.3 Å². The Morgan fingerprint density at radius 1 is 1.29 bits per heavy atom. The highest BCUT2D eigenvalue weighted by Crippen LogP contribution is 2.27. The number of hydrogen-bond donors (Lipinski definition) is 2. The van der Waals surface area contributed by atoms with Crippen molar-refractivity contribution in [1.29, 1.82) is 0 Å². The number of aromatic amines is 1. The number of aryl methyl sites for hydroxylation is 1. The summed E-state index contributed by atoms with van der Waals surface area (Å²) < 4.78 is 0. The molecule has 0 aliphatic heterocycles. The lowest BCUT2D eigenvalue weighted by molar-refractivity contribution is -0.384. The number of hydrogen-bond acceptors (Lipinski definition) is 5. The van der Waals surface area contributed by atoms with E-state index in [0.29, 0.717) is 17.3 Å². The van der Waals surface area contributed by atoms with Crippen LogP contribution in [0.2, 0.25) is 5.02 Å². The van der Waals surface area contributed by atoms with Gasteiger partial charge in [-0.2, -0.15) is 0 Å². The Balaban J connectivity index is 1.58. The average molecular weight is 417 g/mol. The summed E-state index contributed by atoms with van der Waals surface area (Å²) in [5, 5.41) is 14.2. The van der Waals surface area contributed by atoms with E-state index >= 15 is 0 Å². The standard InChI is InChI=1S/C19H17ClN4O3S/c1-12-17(9-13-5-3-2-4-6-13)23-19(21-12)28-11-18(25)22-16-8-7-14(24(26)27)10-15(16)20/h2-8,10H,9,11H2,1H3,(H,21,23)(H,22,25). The molecule has 0 spiro atoms. The summed E-state index contributed by atoms with van der Waals surface area (Å²) in [4.78, 5) is 30.1. The zero-order chi connectivity index (χ0) is 20.1. The van der Waals surface area contributed by atoms with Crippen molar-refractivity contribution in [1.82, 2.24) is 9.97 Å². The molecule has 0 fully saturated rings. The molecular weight excluding hydrogens is 400 g/mol. The number of aromatic nitrogens is 2. The molecule has 2 N–H and O–H groups in total. The minimum Gasteiger partial charge on any atom is -0.337 e. The molecule has 2 aromatic carbocycles. The third-order valence-electron chi connectivity index (χ3n) is 3.96. The number of imidazole rings is 1. The van der Waals surface area contributed by atoms with Gasteiger partial charge in [0.05, 0.1) is 27.1 Å². The van der Waals surface area contributed by atoms with Gasteiger partial charge in [-0.05, 0) is 18.6 Å². The maximum atomic E-state index is 12.2. The van der Waals surface area contributed by atoms with Crippen molar-refractivity contribution in [2.75, 3.05) is 11.1 Å². The number of nitro benzene ring substituents is 1. The molecule has 0 saturated carbocycles. The summed E-state index contributed by atoms with van der Waals surface area (Å²) in [5.41, 5.74) is 3.27. The number of thioether (sulfide) groups is 1. The Morgan fingerprint density at radius 2 is 2.04 bits per heavy atom. The summed E-state index contributed by atoms with van der Waals surface area (Å²) in [5.74, 6) is -0.148. The number of H-pyrrole nitrogens is 1. The SMILES string of the molecule is Cc1[nH]c(SCC(=O)Nc2ccc([N+](=O)[O-])cc2Cl)nc1Cc1ccccc1. The van der Waals surface area contributed by atoms with Gasteiger partial charge in [-0.15, -0.1) is 0 Å². The van der Waals surface area contributed by atoms with Crippen LogP contribution in [0.25, 0.3) is 0 Å². The molecule has 0 aliphatic rings. The third-order valence-corrected chi connectivity index (χ3v) is 5.14. The van der Waals surface area contributed by atoms with Gasteiger partial charge in [0.2, 0.25) is 5.91 Å². The predicted molar refractivity (Wildman–Crippen MR) is 110 cm³/mol. The first-order valence-electron chi connectivity index (χ1n) is 8.38. The van der Waals surface area contributed by atoms with Crippen molar-refractivity contribution in [3.8, 4) is 0 Å². The van der Waals surface area contributed by atoms with Gasteiger partial charge in [0.15, 0.2) is 5.16 Å². The largest absolute Gasteiger partial charge is 0.337 e. The van der Waals surface area contributed by atoms with Gasteiger partial charge < -0.3 is 10.3 Å². The van der Waals surface area contributed by atoms with Crippen molar-refractivity contribution in [3.05, 3.63) is 80.6 Å². The van der Waals surface area contributed by atoms with E-state index in [1.807, 2.05) is 37.3 Å². The van der Waals surface area contributed by atoms with E-state index in [9.17, 15) is 14.9 Å². The second-order valence-electron chi connectivity index (χ2n) is 6.03. The van der Waals surface area contributed by atoms with Crippen LogP contribution < -0.4 is 5.32 Å². The van der Waals surface area contributed by atoms with Crippen LogP contribution >= 0.6 is 23.4 Å². The number of benzene rings is 2. The molecule has 1 aromatic heterocycles. The Morgan fingerprint density at radius 3 is 2.71 bits per heavy atom. The molecule has 1 heterocycles. The molecule has 0 saturated heterocycles. The van der Waals surface area contributed by atoms with Crippen LogP contribution in [0.15, 0.2) is 53.7 Å². The van der Waals surface area contributed by atoms with Crippen LogP contribution in [0.4, 0.5) is 11.4 Å². The number of non-ortho nitro benzene ring substituents is 1. The molecule has 3 rings (SSSR count). The van der Waals surface area contributed by atoms with E-state index in [1.54, 1.807) is 0 Å². The van der Waals surface area contributed by atoms with E-state index < -0.39 is 4.92 Å². The van der Waals surface area contributed by atoms with E-state index in [-0.39, 0.29) is 22.4 Å². The first-order valence-corrected chi connectivity index (χ1v) is 9.74. The molecule has 0 radical (unpaired) electrons. The van der Waals surface area contributed by atoms with Gasteiger partial charge in [0.1, 0.15) is 0 Å². The van der Waals surface area contributed by atoms with Crippen LogP contribution in [0.3, 0.4) is 0 Å². The predicted octanol–water partition coefficient (Wildman–Crippen LogP) is 4.60. The smallest absolute Gasteiger partial charge is 0.271 e. The van der Waals surface area contributed by atoms with Gasteiger partial charge >= 0.3 is 0 Å². The third kappa shape index (κ3) is 5.11. The lowest BCUT2D eigenvalue weighted by Crippen LogP contribution is -2.14. The van der Waals surface area contributed by atoms with Gasteiger partial charge in [-0.3, -0.25) is 14.9 Å². The van der Waals surface area contributed by atoms with Crippen LogP contribution in [-0.2, 0) is 11.2 Å². The van der Waals surface area contributed by atoms with Crippen LogP contribution in [0.1, 0.15) is 17.0 Å². The number of halogens is 1. The van der Waals surface area contributed by atoms with Gasteiger partial charge in [-0.1, -0.05) is 53.7 Å². The second-order valence-corrected chi connectivity index (χ2v) is 7.41. The zero-order valence-electron chi connectivity index (χ0n) is 14.9. The fourth-order valence-corrected chi connectivity index (χ4v) is 3.50. The molecule has 28 heavy (non-hydrogen) atoms. The van der Waals surface area contributed by atoms with Gasteiger partial charge in [0.25, 0.3) is 5.69 Å². The Labute approximate surface area is 170 Å². The number of carbonyl (C=O) groups excluding carboxylic acids is 1. The number of carbonyl (C=O) groups is 1. The lowest BCUT2D eigenvalue weighted by Gasteiger charge is -2.06. The normalized spacial score (nSPS) is 10.6. The highest BCUT2D eigenvalue weighted by atomic mass is 35.5. The monoisotopic (exact) mass is 416 g/mol. The van der Waals surface area contributed by atoms with Gasteiger partial charge in [-0.25, -0.2) is 4.98 Å². The summed E-state index contributed by atoms with van der Waals surface area (Å²) >= 11 is 7.27. The van der Waals surface area contributed by atoms with E-state index in [1.165, 1.54) is 35.5 Å². The minimum absolute atomic E-state index is 0.117. The molecule has 0 unspecified atom stereocenters. The molecule has 144 valence electrons. The van der Waals surface area contributed by atoms with Crippen molar-refractivity contribution in [2.45, 2.75) is 18.5 Å². The second kappa shape index (κ2) is 8.90. The first kappa shape index (κ1) is 19.9. The first-order chi connectivity index (χ1) is 13.4. The molecule has 0 aliphatic carbocycles. The highest BCUT2D eigenvalue weighted by molar-refractivity contribution is 7.99. The van der Waals surface area contributed by atoms with E-state index in [4.69, 9.17) is 11.6 Å². The zero-order valence-corrected chi connectivity index (χ0v) is 16.5. The highest BCUT2D eigenvalue weighted by Gasteiger charge is 2.13. The topological polar surface area (TPSA) is 101 Å². The fourth-order valence-electron chi connectivity index (χ4n) is 2.54. The summed E-state index contributed by atoms with van der Waals surface area (Å²) in [6.45, 7) is 1.95. The number of amides is 1. The molecular formula is C19H17ClN4O3S. The van der Waals surface area contributed by atoms with Crippen molar-refractivity contribution < 1.29 is 9.72 Å². The van der Waals surface area contributed by atoms with Crippen molar-refractivity contribution >= 4 is 40.6 Å². The fraction of sp³-hybridized carbons (Fsp3) is 0.158. The molecule has 0 atom stereocenters. The Kier molecular flexibility index (Phi) is 6.33. The number of anilines is 1. The van der Waals surface area contributed by atoms with Gasteiger partial charge in [0, 0.05) is 24.2 Å². The molecule has 0 bridgehead atoms. The number of nitrogens with zero attached hydrogens (tertiary/aromatic N) is 2. The van der Waals surface area contributed by atoms with Crippen molar-refractivity contribution in [2.24, 2.45) is 0 Å². The average Bonchev–Trinajstić information content (AvgIpc) is 3.02. The molecule has 1 amide bonds. The molecule has 7 nitrogen and oxygen atoms in total. The number of nitrogens with one attached hydrogen (secondary N) is 2. The summed E-state index contributed by atoms with van der Waals surface area (Å²) in [7, 11) is 0. The van der Waals surface area contributed by atoms with Crippen molar-refractivity contribution in [3.63, 3.8) is 0 Å². The maximum absolute atomic E-state index is 12.2. The summed E-state index contributed by atoms with van der Waals surface area (Å²) in [6.07, 6.45) is 0.717. The number of rotatable bonds is 7. The molecule has 3 aromatic rings. The summed E-state index contributed by atoms with van der Waals surface area (Å²) in [6, 6.07) is 13.9.